The Bertz CT molecular complexity index is 1060. The van der Waals surface area contributed by atoms with Gasteiger partial charge in [0.2, 0.25) is 5.78 Å². The Kier molecular flexibility index (Phi) is 5.72. The van der Waals surface area contributed by atoms with E-state index >= 15 is 0 Å². The van der Waals surface area contributed by atoms with Gasteiger partial charge in [0.25, 0.3) is 0 Å². The molecule has 12 heteroatoms. The third kappa shape index (κ3) is 3.87. The van der Waals surface area contributed by atoms with Crippen LogP contribution in [-0.2, 0) is 9.47 Å². The Morgan fingerprint density at radius 3 is 2.12 bits per heavy atom. The van der Waals surface area contributed by atoms with Gasteiger partial charge in [-0.2, -0.15) is 0 Å². The summed E-state index contributed by atoms with van der Waals surface area (Å²) in [7, 11) is 0. The minimum absolute atomic E-state index is 0.0476. The Morgan fingerprint density at radius 2 is 1.48 bits per heavy atom. The smallest absolute Gasteiger partial charge is 0.203 e. The number of phenolic OH excluding ortho intramolecular Hbond substituents is 5. The van der Waals surface area contributed by atoms with Crippen molar-refractivity contribution in [1.29, 1.82) is 0 Å². The summed E-state index contributed by atoms with van der Waals surface area (Å²) in [5.41, 5.74) is -0.395. The molecule has 33 heavy (non-hydrogen) atoms. The fraction of sp³-hybridized carbons (Fsp3) is 0.381. The molecule has 2 aromatic rings. The molecule has 0 amide bonds. The first kappa shape index (κ1) is 22.9. The first-order valence-electron chi connectivity index (χ1n) is 9.86. The Morgan fingerprint density at radius 1 is 0.848 bits per heavy atom. The number of phenols is 5. The number of aliphatic hydroxyl groups excluding tert-OH is 3. The van der Waals surface area contributed by atoms with Crippen LogP contribution in [0.2, 0.25) is 0 Å². The second-order valence-corrected chi connectivity index (χ2v) is 7.89. The average molecular weight is 466 g/mol. The van der Waals surface area contributed by atoms with Gasteiger partial charge < -0.3 is 55.1 Å². The van der Waals surface area contributed by atoms with Gasteiger partial charge in [-0.3, -0.25) is 4.79 Å². The normalized spacial score (nSPS) is 31.6. The maximum Gasteiger partial charge on any atom is 0.203 e. The van der Waals surface area contributed by atoms with Crippen molar-refractivity contribution in [3.05, 3.63) is 35.4 Å². The largest absolute Gasteiger partial charge is 0.508 e. The first-order chi connectivity index (χ1) is 15.5. The second kappa shape index (κ2) is 8.24. The molecule has 12 nitrogen and oxygen atoms in total. The summed E-state index contributed by atoms with van der Waals surface area (Å²) in [5, 5.41) is 79.7. The molecule has 2 aliphatic rings. The lowest BCUT2D eigenvalue weighted by Gasteiger charge is -2.42. The SMILES string of the molecule is C[C@@H]1O[C@@H](O[C@H]2C(=O)c3c(O)cc(O)cc3O[C@@H]2c2cc(O)c(O)c(O)c2)[C@H](O)[C@H](O)[C@H]1O. The molecule has 2 heterocycles. The highest BCUT2D eigenvalue weighted by atomic mass is 16.7. The van der Waals surface area contributed by atoms with E-state index in [9.17, 15) is 45.6 Å². The van der Waals surface area contributed by atoms with E-state index in [2.05, 4.69) is 0 Å². The molecule has 0 aromatic heterocycles. The van der Waals surface area contributed by atoms with Crippen LogP contribution < -0.4 is 4.74 Å². The first-order valence-corrected chi connectivity index (χ1v) is 9.86. The van der Waals surface area contributed by atoms with Gasteiger partial charge in [0, 0.05) is 17.7 Å². The number of aliphatic hydroxyl groups is 3. The molecule has 2 aromatic carbocycles. The number of fused-ring (bicyclic) bond motifs is 1. The monoisotopic (exact) mass is 466 g/mol. The lowest BCUT2D eigenvalue weighted by molar-refractivity contribution is -0.304. The summed E-state index contributed by atoms with van der Waals surface area (Å²) in [6.45, 7) is 1.41. The Hall–Kier alpha value is -3.29. The van der Waals surface area contributed by atoms with E-state index in [1.54, 1.807) is 0 Å². The molecule has 4 rings (SSSR count). The fourth-order valence-electron chi connectivity index (χ4n) is 3.84. The van der Waals surface area contributed by atoms with E-state index in [-0.39, 0.29) is 16.9 Å². The molecule has 7 atom stereocenters. The highest BCUT2D eigenvalue weighted by molar-refractivity contribution is 6.05. The molecule has 8 N–H and O–H groups in total. The zero-order valence-corrected chi connectivity index (χ0v) is 17.1. The lowest BCUT2D eigenvalue weighted by atomic mass is 9.92. The Labute approximate surface area is 186 Å². The number of ketones is 1. The molecule has 1 fully saturated rings. The van der Waals surface area contributed by atoms with Crippen molar-refractivity contribution in [1.82, 2.24) is 0 Å². The van der Waals surface area contributed by atoms with E-state index < -0.39 is 77.4 Å². The highest BCUT2D eigenvalue weighted by Gasteiger charge is 2.48. The maximum absolute atomic E-state index is 13.3. The zero-order valence-electron chi connectivity index (χ0n) is 17.1. The molecule has 178 valence electrons. The van der Waals surface area contributed by atoms with Crippen molar-refractivity contribution < 1.29 is 59.9 Å². The quantitative estimate of drug-likeness (QED) is 0.275. The number of rotatable bonds is 3. The van der Waals surface area contributed by atoms with Crippen molar-refractivity contribution in [2.45, 2.75) is 49.8 Å². The van der Waals surface area contributed by atoms with Crippen molar-refractivity contribution in [3.8, 4) is 34.5 Å². The van der Waals surface area contributed by atoms with Crippen molar-refractivity contribution in [3.63, 3.8) is 0 Å². The number of benzene rings is 2. The molecular formula is C21H22O12. The highest BCUT2D eigenvalue weighted by Crippen LogP contribution is 2.46. The Balaban J connectivity index is 1.78. The predicted octanol–water partition coefficient (Wildman–Crippen LogP) is -0.256. The molecule has 0 spiro atoms. The minimum Gasteiger partial charge on any atom is -0.508 e. The van der Waals surface area contributed by atoms with Crippen molar-refractivity contribution in [2.75, 3.05) is 0 Å². The number of carbonyl (C=O) groups is 1. The molecule has 0 saturated carbocycles. The van der Waals surface area contributed by atoms with Gasteiger partial charge in [0.05, 0.1) is 6.10 Å². The van der Waals surface area contributed by atoms with Gasteiger partial charge in [-0.25, -0.2) is 0 Å². The summed E-state index contributed by atoms with van der Waals surface area (Å²) >= 11 is 0. The third-order valence-electron chi connectivity index (χ3n) is 5.61. The molecule has 0 radical (unpaired) electrons. The van der Waals surface area contributed by atoms with Crippen LogP contribution >= 0.6 is 0 Å². The molecule has 2 aliphatic heterocycles. The van der Waals surface area contributed by atoms with E-state index in [4.69, 9.17) is 14.2 Å². The second-order valence-electron chi connectivity index (χ2n) is 7.89. The van der Waals surface area contributed by atoms with Gasteiger partial charge >= 0.3 is 0 Å². The standard InChI is InChI=1S/C21H22O12/c1-6-14(26)17(29)18(30)21(31-6)33-20-16(28)13-9(23)4-8(22)5-12(13)32-19(20)7-2-10(24)15(27)11(25)3-7/h2-6,14,17-27,29-30H,1H3/t6-,14-,17+,18+,19+,20-,21-/m0/s1. The summed E-state index contributed by atoms with van der Waals surface area (Å²) in [5.74, 6) is -4.40. The van der Waals surface area contributed by atoms with Crippen molar-refractivity contribution in [2.24, 2.45) is 0 Å². The van der Waals surface area contributed by atoms with Gasteiger partial charge in [-0.05, 0) is 19.1 Å². The van der Waals surface area contributed by atoms with E-state index in [1.165, 1.54) is 6.92 Å². The van der Waals surface area contributed by atoms with Crippen LogP contribution in [0.3, 0.4) is 0 Å². The van der Waals surface area contributed by atoms with Crippen LogP contribution in [0.5, 0.6) is 34.5 Å². The van der Waals surface area contributed by atoms with Crippen LogP contribution in [0.15, 0.2) is 24.3 Å². The van der Waals surface area contributed by atoms with Crippen LogP contribution in [0.1, 0.15) is 28.9 Å². The van der Waals surface area contributed by atoms with Crippen LogP contribution in [-0.4, -0.2) is 83.4 Å². The number of carbonyl (C=O) groups excluding carboxylic acids is 1. The number of hydrogen-bond donors (Lipinski definition) is 8. The number of ether oxygens (including phenoxy) is 3. The fourth-order valence-corrected chi connectivity index (χ4v) is 3.84. The molecule has 0 bridgehead atoms. The van der Waals surface area contributed by atoms with E-state index in [0.717, 1.165) is 24.3 Å². The molecule has 1 saturated heterocycles. The van der Waals surface area contributed by atoms with Gasteiger partial charge in [-0.1, -0.05) is 0 Å². The molecular weight excluding hydrogens is 444 g/mol. The minimum atomic E-state index is -1.76. The van der Waals surface area contributed by atoms with Gasteiger partial charge in [-0.15, -0.1) is 0 Å². The van der Waals surface area contributed by atoms with Crippen LogP contribution in [0.4, 0.5) is 0 Å². The van der Waals surface area contributed by atoms with Gasteiger partial charge in [0.15, 0.2) is 35.7 Å². The van der Waals surface area contributed by atoms with Gasteiger partial charge in [0.1, 0.15) is 41.1 Å². The topological polar surface area (TPSA) is 207 Å². The summed E-state index contributed by atoms with van der Waals surface area (Å²) < 4.78 is 16.8. The third-order valence-corrected chi connectivity index (χ3v) is 5.61. The lowest BCUT2D eigenvalue weighted by Crippen LogP contribution is -2.59. The van der Waals surface area contributed by atoms with Crippen molar-refractivity contribution >= 4 is 5.78 Å². The molecule has 0 unspecified atom stereocenters. The number of hydrogen-bond acceptors (Lipinski definition) is 12. The summed E-state index contributed by atoms with van der Waals surface area (Å²) in [6.07, 6.45) is -10.5. The number of Topliss-reactive ketones (excluding diaryl/α,β-unsaturated/α-hetero) is 1. The zero-order chi connectivity index (χ0) is 24.2. The van der Waals surface area contributed by atoms with E-state index in [1.807, 2.05) is 0 Å². The summed E-state index contributed by atoms with van der Waals surface area (Å²) in [6, 6.07) is 3.96. The number of aromatic hydroxyl groups is 5. The van der Waals surface area contributed by atoms with Crippen LogP contribution in [0, 0.1) is 0 Å². The summed E-state index contributed by atoms with van der Waals surface area (Å²) in [4.78, 5) is 13.3. The maximum atomic E-state index is 13.3. The predicted molar refractivity (Wildman–Crippen MR) is 106 cm³/mol. The van der Waals surface area contributed by atoms with E-state index in [0.29, 0.717) is 0 Å². The molecule has 0 aliphatic carbocycles. The van der Waals surface area contributed by atoms with Crippen LogP contribution in [0.25, 0.3) is 0 Å². The average Bonchev–Trinajstić information content (AvgIpc) is 2.74.